The van der Waals surface area contributed by atoms with Crippen molar-refractivity contribution < 1.29 is 9.18 Å². The smallest absolute Gasteiger partial charge is 0.237 e. The highest BCUT2D eigenvalue weighted by Crippen LogP contribution is 2.24. The summed E-state index contributed by atoms with van der Waals surface area (Å²) in [6.07, 6.45) is 0.461. The van der Waals surface area contributed by atoms with E-state index in [9.17, 15) is 9.18 Å². The Balaban J connectivity index is 2.64. The normalized spacial score (nSPS) is 11.1. The van der Waals surface area contributed by atoms with Crippen molar-refractivity contribution in [2.24, 2.45) is 5.73 Å². The van der Waals surface area contributed by atoms with Crippen LogP contribution in [0.1, 0.15) is 5.82 Å². The molecule has 0 bridgehead atoms. The molecule has 2 rings (SSSR count). The number of imidazole rings is 1. The summed E-state index contributed by atoms with van der Waals surface area (Å²) in [6, 6.07) is 2.66. The van der Waals surface area contributed by atoms with Crippen molar-refractivity contribution in [3.05, 3.63) is 28.8 Å². The molecule has 1 amide bonds. The highest BCUT2D eigenvalue weighted by Gasteiger charge is 2.14. The number of amides is 1. The van der Waals surface area contributed by atoms with Crippen molar-refractivity contribution in [2.75, 3.05) is 5.88 Å². The largest absolute Gasteiger partial charge is 0.368 e. The number of nitrogens with two attached hydrogens (primary N) is 1. The summed E-state index contributed by atoms with van der Waals surface area (Å²) in [7, 11) is 0. The molecule has 0 aliphatic carbocycles. The van der Waals surface area contributed by atoms with Crippen LogP contribution in [0, 0.1) is 5.82 Å². The molecule has 0 fully saturated rings. The Morgan fingerprint density at radius 1 is 1.50 bits per heavy atom. The molecular weight excluding hydrogens is 280 g/mol. The van der Waals surface area contributed by atoms with Crippen LogP contribution in [0.4, 0.5) is 4.39 Å². The van der Waals surface area contributed by atoms with Crippen LogP contribution in [-0.4, -0.2) is 21.3 Å². The summed E-state index contributed by atoms with van der Waals surface area (Å²) < 4.78 is 14.9. The van der Waals surface area contributed by atoms with E-state index in [1.54, 1.807) is 4.57 Å². The Morgan fingerprint density at radius 3 is 2.83 bits per heavy atom. The predicted molar refractivity (Wildman–Crippen MR) is 68.3 cm³/mol. The van der Waals surface area contributed by atoms with Gasteiger partial charge in [-0.1, -0.05) is 11.6 Å². The Kier molecular flexibility index (Phi) is 3.73. The predicted octanol–water partition coefficient (Wildman–Crippen LogP) is 2.10. The zero-order chi connectivity index (χ0) is 13.3. The number of primary amides is 1. The SMILES string of the molecule is NC(=O)Cn1c(CCCl)nc2cc(F)c(Cl)cc21. The Morgan fingerprint density at radius 2 is 2.22 bits per heavy atom. The first-order valence-corrected chi connectivity index (χ1v) is 6.12. The van der Waals surface area contributed by atoms with Crippen LogP contribution in [0.2, 0.25) is 5.02 Å². The molecule has 2 N–H and O–H groups in total. The van der Waals surface area contributed by atoms with Crippen LogP contribution in [0.5, 0.6) is 0 Å². The molecule has 1 heterocycles. The third-order valence-corrected chi connectivity index (χ3v) is 2.98. The number of halogens is 3. The Labute approximate surface area is 112 Å². The van der Waals surface area contributed by atoms with E-state index in [1.165, 1.54) is 12.1 Å². The van der Waals surface area contributed by atoms with E-state index in [1.807, 2.05) is 0 Å². The molecule has 0 aliphatic heterocycles. The zero-order valence-electron chi connectivity index (χ0n) is 9.29. The number of rotatable bonds is 4. The first-order chi connectivity index (χ1) is 8.52. The lowest BCUT2D eigenvalue weighted by atomic mass is 10.3. The number of alkyl halides is 1. The van der Waals surface area contributed by atoms with E-state index >= 15 is 0 Å². The summed E-state index contributed by atoms with van der Waals surface area (Å²) in [5, 5.41) is -0.0226. The van der Waals surface area contributed by atoms with Crippen LogP contribution in [0.15, 0.2) is 12.1 Å². The van der Waals surface area contributed by atoms with Gasteiger partial charge >= 0.3 is 0 Å². The van der Waals surface area contributed by atoms with Gasteiger partial charge in [0.1, 0.15) is 18.2 Å². The fourth-order valence-corrected chi connectivity index (χ4v) is 2.10. The second-order valence-electron chi connectivity index (χ2n) is 3.77. The summed E-state index contributed by atoms with van der Waals surface area (Å²) in [5.74, 6) is -0.130. The molecule has 1 aromatic heterocycles. The van der Waals surface area contributed by atoms with Crippen molar-refractivity contribution in [1.29, 1.82) is 0 Å². The minimum atomic E-state index is -0.551. The van der Waals surface area contributed by atoms with Gasteiger partial charge in [0, 0.05) is 18.4 Å². The van der Waals surface area contributed by atoms with Gasteiger partial charge in [-0.05, 0) is 6.07 Å². The summed E-state index contributed by atoms with van der Waals surface area (Å²) >= 11 is 11.4. The number of nitrogens with zero attached hydrogens (tertiary/aromatic N) is 2. The topological polar surface area (TPSA) is 60.9 Å². The number of carbonyl (C=O) groups excluding carboxylic acids is 1. The minimum absolute atomic E-state index is 0.0226. The van der Waals surface area contributed by atoms with Crippen molar-refractivity contribution in [2.45, 2.75) is 13.0 Å². The first kappa shape index (κ1) is 13.1. The van der Waals surface area contributed by atoms with E-state index in [0.29, 0.717) is 29.2 Å². The minimum Gasteiger partial charge on any atom is -0.368 e. The maximum atomic E-state index is 13.3. The average molecular weight is 290 g/mol. The van der Waals surface area contributed by atoms with Crippen molar-refractivity contribution in [1.82, 2.24) is 9.55 Å². The molecular formula is C11H10Cl2FN3O. The van der Waals surface area contributed by atoms with E-state index in [2.05, 4.69) is 4.98 Å². The molecule has 96 valence electrons. The molecule has 4 nitrogen and oxygen atoms in total. The maximum Gasteiger partial charge on any atom is 0.237 e. The quantitative estimate of drug-likeness (QED) is 0.876. The summed E-state index contributed by atoms with van der Waals surface area (Å²) in [6.45, 7) is -0.0370. The molecule has 0 spiro atoms. The van der Waals surface area contributed by atoms with E-state index in [0.717, 1.165) is 0 Å². The number of aryl methyl sites for hydroxylation is 1. The van der Waals surface area contributed by atoms with Crippen LogP contribution >= 0.6 is 23.2 Å². The molecule has 0 unspecified atom stereocenters. The molecule has 18 heavy (non-hydrogen) atoms. The standard InChI is InChI=1S/C11H10Cl2FN3O/c12-2-1-11-16-8-4-7(14)6(13)3-9(8)17(11)5-10(15)18/h3-4H,1-2,5H2,(H2,15,18). The zero-order valence-corrected chi connectivity index (χ0v) is 10.8. The highest BCUT2D eigenvalue weighted by molar-refractivity contribution is 6.31. The van der Waals surface area contributed by atoms with Crippen LogP contribution in [-0.2, 0) is 17.8 Å². The average Bonchev–Trinajstić information content (AvgIpc) is 2.58. The molecule has 2 aromatic rings. The lowest BCUT2D eigenvalue weighted by Crippen LogP contribution is -2.20. The van der Waals surface area contributed by atoms with E-state index in [4.69, 9.17) is 28.9 Å². The second kappa shape index (κ2) is 5.12. The van der Waals surface area contributed by atoms with Gasteiger partial charge in [0.15, 0.2) is 0 Å². The molecule has 0 aliphatic rings. The number of benzene rings is 1. The third kappa shape index (κ3) is 2.42. The number of aromatic nitrogens is 2. The fraction of sp³-hybridized carbons (Fsp3) is 0.273. The van der Waals surface area contributed by atoms with Gasteiger partial charge in [0.2, 0.25) is 5.91 Å². The third-order valence-electron chi connectivity index (χ3n) is 2.50. The second-order valence-corrected chi connectivity index (χ2v) is 4.56. The molecule has 0 saturated heterocycles. The van der Waals surface area contributed by atoms with Gasteiger partial charge < -0.3 is 10.3 Å². The van der Waals surface area contributed by atoms with Gasteiger partial charge in [0.05, 0.1) is 16.1 Å². The van der Waals surface area contributed by atoms with Crippen LogP contribution in [0.25, 0.3) is 11.0 Å². The number of carbonyl (C=O) groups is 1. The monoisotopic (exact) mass is 289 g/mol. The fourth-order valence-electron chi connectivity index (χ4n) is 1.78. The van der Waals surface area contributed by atoms with Gasteiger partial charge in [-0.15, -0.1) is 11.6 Å². The van der Waals surface area contributed by atoms with Crippen molar-refractivity contribution in [3.8, 4) is 0 Å². The van der Waals surface area contributed by atoms with Crippen LogP contribution < -0.4 is 5.73 Å². The molecule has 0 radical (unpaired) electrons. The number of hydrogen-bond acceptors (Lipinski definition) is 2. The van der Waals surface area contributed by atoms with Gasteiger partial charge in [-0.25, -0.2) is 9.37 Å². The summed E-state index contributed by atoms with van der Waals surface area (Å²) in [4.78, 5) is 15.3. The highest BCUT2D eigenvalue weighted by atomic mass is 35.5. The molecule has 1 aromatic carbocycles. The molecule has 0 saturated carbocycles. The molecule has 0 atom stereocenters. The Hall–Kier alpha value is -1.33. The number of fused-ring (bicyclic) bond motifs is 1. The van der Waals surface area contributed by atoms with E-state index in [-0.39, 0.29) is 11.6 Å². The maximum absolute atomic E-state index is 13.3. The van der Waals surface area contributed by atoms with Crippen LogP contribution in [0.3, 0.4) is 0 Å². The van der Waals surface area contributed by atoms with Crippen molar-refractivity contribution >= 4 is 40.1 Å². The van der Waals surface area contributed by atoms with Gasteiger partial charge in [0.25, 0.3) is 0 Å². The van der Waals surface area contributed by atoms with Gasteiger partial charge in [-0.2, -0.15) is 0 Å². The van der Waals surface area contributed by atoms with Gasteiger partial charge in [-0.3, -0.25) is 4.79 Å². The lowest BCUT2D eigenvalue weighted by Gasteiger charge is -2.05. The molecule has 7 heteroatoms. The lowest BCUT2D eigenvalue weighted by molar-refractivity contribution is -0.118. The summed E-state index contributed by atoms with van der Waals surface area (Å²) in [5.41, 5.74) is 6.18. The van der Waals surface area contributed by atoms with E-state index < -0.39 is 11.7 Å². The first-order valence-electron chi connectivity index (χ1n) is 5.21. The number of hydrogen-bond donors (Lipinski definition) is 1. The Bertz CT molecular complexity index is 612. The van der Waals surface area contributed by atoms with Crippen molar-refractivity contribution in [3.63, 3.8) is 0 Å².